The zero-order valence-electron chi connectivity index (χ0n) is 26.4. The van der Waals surface area contributed by atoms with Gasteiger partial charge in [0.15, 0.2) is 17.1 Å². The number of aromatic hydroxyl groups is 1. The number of allylic oxidation sites excluding steroid dienone is 6. The van der Waals surface area contributed by atoms with Gasteiger partial charge in [0.05, 0.1) is 31.7 Å². The zero-order valence-corrected chi connectivity index (χ0v) is 26.4. The van der Waals surface area contributed by atoms with Crippen LogP contribution in [0, 0.1) is 17.8 Å². The fourth-order valence-electron chi connectivity index (χ4n) is 7.93. The van der Waals surface area contributed by atoms with Crippen molar-refractivity contribution >= 4 is 40.2 Å². The molecule has 3 aromatic carbocycles. The number of carbonyl (C=O) groups is 4. The third-order valence-corrected chi connectivity index (χ3v) is 10.0. The molecule has 0 bridgehead atoms. The second-order valence-electron chi connectivity index (χ2n) is 12.5. The largest absolute Gasteiger partial charge is 0.508 e. The van der Waals surface area contributed by atoms with Crippen molar-refractivity contribution in [2.75, 3.05) is 19.1 Å². The molecule has 0 spiro atoms. The number of aromatic nitrogens is 1. The van der Waals surface area contributed by atoms with Crippen LogP contribution in [0.15, 0.2) is 99.5 Å². The molecule has 2 amide bonds. The summed E-state index contributed by atoms with van der Waals surface area (Å²) in [5.41, 5.74) is 4.68. The van der Waals surface area contributed by atoms with E-state index in [1.807, 2.05) is 30.3 Å². The molecule has 0 saturated carbocycles. The average Bonchev–Trinajstić information content (AvgIpc) is 3.64. The van der Waals surface area contributed by atoms with Crippen LogP contribution < -0.4 is 14.4 Å². The molecule has 1 fully saturated rings. The Hall–Kier alpha value is -5.77. The zero-order chi connectivity index (χ0) is 33.4. The molecule has 10 nitrogen and oxygen atoms in total. The summed E-state index contributed by atoms with van der Waals surface area (Å²) in [4.78, 5) is 61.5. The van der Waals surface area contributed by atoms with E-state index in [4.69, 9.17) is 13.9 Å². The Morgan fingerprint density at radius 2 is 1.62 bits per heavy atom. The second-order valence-corrected chi connectivity index (χ2v) is 12.5. The van der Waals surface area contributed by atoms with E-state index in [1.54, 1.807) is 31.2 Å². The molecule has 3 aliphatic carbocycles. The van der Waals surface area contributed by atoms with Crippen LogP contribution in [0.5, 0.6) is 17.2 Å². The quantitative estimate of drug-likeness (QED) is 0.161. The van der Waals surface area contributed by atoms with Crippen LogP contribution in [0.2, 0.25) is 0 Å². The van der Waals surface area contributed by atoms with Crippen LogP contribution in [0.3, 0.4) is 0 Å². The number of anilines is 1. The first-order valence-corrected chi connectivity index (χ1v) is 15.7. The molecule has 1 saturated heterocycles. The number of ether oxygens (including phenoxy) is 2. The van der Waals surface area contributed by atoms with Gasteiger partial charge in [-0.1, -0.05) is 23.8 Å². The summed E-state index contributed by atoms with van der Waals surface area (Å²) >= 11 is 0. The number of phenols is 1. The maximum Gasteiger partial charge on any atom is 0.238 e. The number of nitrogens with zero attached hydrogens (tertiary/aromatic N) is 2. The molecular formula is C38H30N2O8. The third-order valence-electron chi connectivity index (χ3n) is 10.0. The van der Waals surface area contributed by atoms with Crippen molar-refractivity contribution < 1.29 is 38.2 Å². The highest BCUT2D eigenvalue weighted by Gasteiger charge is 2.57. The van der Waals surface area contributed by atoms with Gasteiger partial charge >= 0.3 is 0 Å². The number of Topliss-reactive ketones (excluding diaryl/α,β-unsaturated/α-hetero) is 1. The molecule has 4 aromatic rings. The van der Waals surface area contributed by atoms with E-state index < -0.39 is 23.7 Å². The van der Waals surface area contributed by atoms with Gasteiger partial charge in [0.2, 0.25) is 17.7 Å². The summed E-state index contributed by atoms with van der Waals surface area (Å²) < 4.78 is 17.3. The van der Waals surface area contributed by atoms with Gasteiger partial charge < -0.3 is 19.0 Å². The molecule has 4 unspecified atom stereocenters. The molecule has 1 aromatic heterocycles. The van der Waals surface area contributed by atoms with E-state index in [0.717, 1.165) is 11.1 Å². The van der Waals surface area contributed by atoms with Crippen molar-refractivity contribution in [3.63, 3.8) is 0 Å². The van der Waals surface area contributed by atoms with Crippen molar-refractivity contribution in [2.45, 2.75) is 25.7 Å². The molecule has 0 radical (unpaired) electrons. The molecule has 1 N–H and O–H groups in total. The average molecular weight is 643 g/mol. The number of ketones is 2. The smallest absolute Gasteiger partial charge is 0.238 e. The van der Waals surface area contributed by atoms with Crippen LogP contribution in [-0.4, -0.2) is 47.7 Å². The minimum absolute atomic E-state index is 0.0946. The number of fused-ring (bicyclic) bond motifs is 4. The predicted molar refractivity (Wildman–Crippen MR) is 174 cm³/mol. The number of hydrogen-bond donors (Lipinski definition) is 1. The number of phenolic OH excluding ortho intramolecular Hbond substituents is 1. The van der Waals surface area contributed by atoms with Crippen molar-refractivity contribution in [1.29, 1.82) is 0 Å². The fraction of sp³-hybridized carbons (Fsp3) is 0.237. The number of para-hydroxylation sites is 2. The maximum atomic E-state index is 14.4. The third kappa shape index (κ3) is 4.28. The normalized spacial score (nSPS) is 23.5. The van der Waals surface area contributed by atoms with Crippen LogP contribution in [0.25, 0.3) is 22.6 Å². The lowest BCUT2D eigenvalue weighted by Gasteiger charge is -2.42. The van der Waals surface area contributed by atoms with Crippen molar-refractivity contribution in [1.82, 2.24) is 4.98 Å². The summed E-state index contributed by atoms with van der Waals surface area (Å²) in [6.07, 6.45) is 3.69. The number of hydrogen-bond acceptors (Lipinski definition) is 9. The standard InChI is InChI=1S/C38H30N2O8/c1-18-14-27(42)32-25(35(18)43)17-24-22(33(32)34-29(46-2)15-21(41)16-30(34)47-3)12-13-23-31(24)38(45)40(37(23)44)20-10-8-19(9-11-20)36-39-26-6-4-5-7-28(26)48-36/h4-12,14-16,23-24,31,33,41H,13,17H2,1-3H3. The molecule has 4 aliphatic rings. The first-order valence-electron chi connectivity index (χ1n) is 15.7. The van der Waals surface area contributed by atoms with Crippen molar-refractivity contribution in [3.8, 4) is 28.7 Å². The first kappa shape index (κ1) is 29.6. The Kier molecular flexibility index (Phi) is 6.73. The van der Waals surface area contributed by atoms with Gasteiger partial charge in [-0.2, -0.15) is 0 Å². The number of oxazole rings is 1. The lowest BCUT2D eigenvalue weighted by molar-refractivity contribution is -0.123. The Morgan fingerprint density at radius 3 is 2.31 bits per heavy atom. The number of benzene rings is 3. The van der Waals surface area contributed by atoms with Gasteiger partial charge in [-0.25, -0.2) is 4.98 Å². The molecule has 8 rings (SSSR count). The first-order chi connectivity index (χ1) is 23.2. The molecular weight excluding hydrogens is 612 g/mol. The summed E-state index contributed by atoms with van der Waals surface area (Å²) in [5.74, 6) is -3.09. The summed E-state index contributed by atoms with van der Waals surface area (Å²) in [6.45, 7) is 1.60. The summed E-state index contributed by atoms with van der Waals surface area (Å²) in [6, 6.07) is 17.3. The molecule has 4 atom stereocenters. The molecule has 10 heteroatoms. The van der Waals surface area contributed by atoms with Crippen molar-refractivity contribution in [3.05, 3.63) is 101 Å². The lowest BCUT2D eigenvalue weighted by atomic mass is 9.59. The Labute approximate surface area is 275 Å². The van der Waals surface area contributed by atoms with Crippen LogP contribution >= 0.6 is 0 Å². The highest BCUT2D eigenvalue weighted by molar-refractivity contribution is 6.25. The van der Waals surface area contributed by atoms with Gasteiger partial charge in [-0.05, 0) is 68.2 Å². The molecule has 240 valence electrons. The van der Waals surface area contributed by atoms with Gasteiger partial charge in [0.25, 0.3) is 0 Å². The summed E-state index contributed by atoms with van der Waals surface area (Å²) in [7, 11) is 2.90. The van der Waals surface area contributed by atoms with Crippen molar-refractivity contribution in [2.24, 2.45) is 17.8 Å². The van der Waals surface area contributed by atoms with Crippen LogP contribution in [-0.2, 0) is 19.2 Å². The molecule has 48 heavy (non-hydrogen) atoms. The van der Waals surface area contributed by atoms with Crippen LogP contribution in [0.4, 0.5) is 5.69 Å². The topological polar surface area (TPSA) is 136 Å². The number of carbonyl (C=O) groups excluding carboxylic acids is 4. The Morgan fingerprint density at radius 1 is 0.917 bits per heavy atom. The minimum atomic E-state index is -0.793. The van der Waals surface area contributed by atoms with E-state index in [0.29, 0.717) is 45.0 Å². The number of imide groups is 1. The second kappa shape index (κ2) is 10.9. The van der Waals surface area contributed by atoms with Crippen LogP contribution in [0.1, 0.15) is 31.2 Å². The molecule has 1 aliphatic heterocycles. The van der Waals surface area contributed by atoms with E-state index in [1.165, 1.54) is 37.3 Å². The Balaban J connectivity index is 1.20. The monoisotopic (exact) mass is 642 g/mol. The van der Waals surface area contributed by atoms with Gasteiger partial charge in [0.1, 0.15) is 22.8 Å². The van der Waals surface area contributed by atoms with E-state index in [2.05, 4.69) is 4.98 Å². The lowest BCUT2D eigenvalue weighted by Crippen LogP contribution is -2.40. The van der Waals surface area contributed by atoms with E-state index in [-0.39, 0.29) is 53.5 Å². The highest BCUT2D eigenvalue weighted by atomic mass is 16.5. The van der Waals surface area contributed by atoms with E-state index in [9.17, 15) is 24.3 Å². The number of rotatable bonds is 5. The Bertz CT molecular complexity index is 2130. The highest BCUT2D eigenvalue weighted by Crippen LogP contribution is 2.58. The van der Waals surface area contributed by atoms with Gasteiger partial charge in [-0.3, -0.25) is 24.1 Å². The van der Waals surface area contributed by atoms with Gasteiger partial charge in [0, 0.05) is 45.9 Å². The summed E-state index contributed by atoms with van der Waals surface area (Å²) in [5, 5.41) is 10.4. The molecule has 2 heterocycles. The van der Waals surface area contributed by atoms with Gasteiger partial charge in [-0.15, -0.1) is 0 Å². The predicted octanol–water partition coefficient (Wildman–Crippen LogP) is 5.85. The maximum absolute atomic E-state index is 14.4. The van der Waals surface area contributed by atoms with E-state index >= 15 is 0 Å². The SMILES string of the molecule is COc1cc(O)cc(OC)c1C1C2=CCC3C(=O)N(c4ccc(-c5nc6ccccc6o5)cc4)C(=O)C3C2CC2=C1C(=O)C=C(C)C2=O. The number of methoxy groups -OCH3 is 2. The fourth-order valence-corrected chi connectivity index (χ4v) is 7.93. The minimum Gasteiger partial charge on any atom is -0.508 e. The number of amides is 2.